The van der Waals surface area contributed by atoms with Crippen molar-refractivity contribution < 1.29 is 9.15 Å². The first-order valence-electron chi connectivity index (χ1n) is 5.26. The molecule has 0 aliphatic carbocycles. The van der Waals surface area contributed by atoms with Crippen LogP contribution >= 0.6 is 0 Å². The van der Waals surface area contributed by atoms with Crippen LogP contribution in [-0.4, -0.2) is 33.9 Å². The number of aromatic nitrogens is 4. The zero-order valence-electron chi connectivity index (χ0n) is 9.83. The number of ether oxygens (including phenoxy) is 1. The highest BCUT2D eigenvalue weighted by molar-refractivity contribution is 5.43. The van der Waals surface area contributed by atoms with Crippen molar-refractivity contribution in [2.45, 2.75) is 13.5 Å². The lowest BCUT2D eigenvalue weighted by atomic mass is 10.3. The zero-order valence-corrected chi connectivity index (χ0v) is 9.83. The van der Waals surface area contributed by atoms with Gasteiger partial charge in [-0.3, -0.25) is 0 Å². The summed E-state index contributed by atoms with van der Waals surface area (Å²) < 4.78 is 10.2. The summed E-state index contributed by atoms with van der Waals surface area (Å²) in [4.78, 5) is 1.51. The van der Waals surface area contributed by atoms with Crippen LogP contribution < -0.4 is 0 Å². The minimum atomic E-state index is 0.493. The van der Waals surface area contributed by atoms with Crippen LogP contribution in [0.4, 0.5) is 0 Å². The van der Waals surface area contributed by atoms with E-state index in [-0.39, 0.29) is 0 Å². The van der Waals surface area contributed by atoms with Gasteiger partial charge in [0, 0.05) is 7.11 Å². The van der Waals surface area contributed by atoms with Gasteiger partial charge in [-0.1, -0.05) is 6.08 Å². The van der Waals surface area contributed by atoms with Crippen molar-refractivity contribution in [3.05, 3.63) is 30.0 Å². The highest BCUT2D eigenvalue weighted by Crippen LogP contribution is 2.12. The lowest BCUT2D eigenvalue weighted by Crippen LogP contribution is -2.02. The smallest absolute Gasteiger partial charge is 0.240 e. The molecule has 0 unspecified atom stereocenters. The maximum atomic E-state index is 5.18. The third-order valence-corrected chi connectivity index (χ3v) is 2.17. The number of hydrogen-bond acceptors (Lipinski definition) is 5. The molecule has 0 spiro atoms. The van der Waals surface area contributed by atoms with Crippen molar-refractivity contribution in [3.63, 3.8) is 0 Å². The summed E-state index contributed by atoms with van der Waals surface area (Å²) in [6, 6.07) is 3.59. The number of rotatable bonds is 5. The van der Waals surface area contributed by atoms with E-state index in [1.807, 2.05) is 13.0 Å². The quantitative estimate of drug-likeness (QED) is 0.734. The predicted molar refractivity (Wildman–Crippen MR) is 61.2 cm³/mol. The van der Waals surface area contributed by atoms with Gasteiger partial charge in [-0.15, -0.1) is 10.2 Å². The van der Waals surface area contributed by atoms with Gasteiger partial charge in [0.15, 0.2) is 5.76 Å². The molecule has 0 aliphatic rings. The third kappa shape index (κ3) is 3.01. The largest absolute Gasteiger partial charge is 0.461 e. The minimum Gasteiger partial charge on any atom is -0.461 e. The fraction of sp³-hybridized carbons (Fsp3) is 0.364. The van der Waals surface area contributed by atoms with Crippen molar-refractivity contribution in [1.29, 1.82) is 0 Å². The average molecular weight is 234 g/mol. The lowest BCUT2D eigenvalue weighted by Gasteiger charge is -1.97. The molecule has 0 aliphatic heterocycles. The van der Waals surface area contributed by atoms with Gasteiger partial charge in [-0.2, -0.15) is 4.80 Å². The van der Waals surface area contributed by atoms with Gasteiger partial charge in [0.05, 0.1) is 19.4 Å². The summed E-state index contributed by atoms with van der Waals surface area (Å²) in [6.45, 7) is 3.18. The number of furan rings is 1. The molecule has 0 amide bonds. The molecular formula is C11H14N4O2. The summed E-state index contributed by atoms with van der Waals surface area (Å²) >= 11 is 0. The van der Waals surface area contributed by atoms with E-state index in [9.17, 15) is 0 Å². The van der Waals surface area contributed by atoms with E-state index in [1.54, 1.807) is 25.5 Å². The van der Waals surface area contributed by atoms with E-state index in [4.69, 9.17) is 9.15 Å². The fourth-order valence-corrected chi connectivity index (χ4v) is 1.35. The van der Waals surface area contributed by atoms with Crippen molar-refractivity contribution in [1.82, 2.24) is 20.2 Å². The Balaban J connectivity index is 2.02. The molecule has 6 nitrogen and oxygen atoms in total. The second-order valence-electron chi connectivity index (χ2n) is 3.63. The first-order valence-corrected chi connectivity index (χ1v) is 5.26. The molecule has 0 radical (unpaired) electrons. The Bertz CT molecular complexity index is 487. The normalized spacial score (nSPS) is 12.0. The Morgan fingerprint density at radius 3 is 3.18 bits per heavy atom. The molecule has 17 heavy (non-hydrogen) atoms. The number of allylic oxidation sites excluding steroid dienone is 1. The molecule has 2 rings (SSSR count). The molecule has 0 N–H and O–H groups in total. The van der Waals surface area contributed by atoms with Crippen molar-refractivity contribution >= 4 is 0 Å². The van der Waals surface area contributed by atoms with E-state index in [2.05, 4.69) is 15.4 Å². The van der Waals surface area contributed by atoms with Gasteiger partial charge in [0.1, 0.15) is 0 Å². The van der Waals surface area contributed by atoms with Gasteiger partial charge < -0.3 is 9.15 Å². The monoisotopic (exact) mass is 234 g/mol. The summed E-state index contributed by atoms with van der Waals surface area (Å²) in [5.41, 5.74) is 1.13. The zero-order chi connectivity index (χ0) is 12.1. The molecule has 0 bridgehead atoms. The first kappa shape index (κ1) is 11.5. The third-order valence-electron chi connectivity index (χ3n) is 2.17. The standard InChI is InChI=1S/C11H14N4O2/c1-9(8-16-2)5-6-15-13-11(12-14-15)10-4-3-7-17-10/h3-5,7H,6,8H2,1-2H3/b9-5+. The van der Waals surface area contributed by atoms with E-state index in [0.717, 1.165) is 5.57 Å². The predicted octanol–water partition coefficient (Wildman–Crippen LogP) is 1.53. The van der Waals surface area contributed by atoms with Gasteiger partial charge in [0.25, 0.3) is 0 Å². The van der Waals surface area contributed by atoms with Crippen LogP contribution in [0.3, 0.4) is 0 Å². The SMILES string of the molecule is COC/C(C)=C/Cn1nnc(-c2ccco2)n1. The Kier molecular flexibility index (Phi) is 3.66. The second-order valence-corrected chi connectivity index (χ2v) is 3.63. The highest BCUT2D eigenvalue weighted by atomic mass is 16.5. The molecule has 0 aromatic carbocycles. The van der Waals surface area contributed by atoms with Gasteiger partial charge >= 0.3 is 0 Å². The van der Waals surface area contributed by atoms with Crippen molar-refractivity contribution in [3.8, 4) is 11.6 Å². The van der Waals surface area contributed by atoms with Crippen LogP contribution in [0, 0.1) is 0 Å². The molecule has 0 fully saturated rings. The minimum absolute atomic E-state index is 0.493. The fourth-order valence-electron chi connectivity index (χ4n) is 1.35. The van der Waals surface area contributed by atoms with Crippen LogP contribution in [0.5, 0.6) is 0 Å². The summed E-state index contributed by atoms with van der Waals surface area (Å²) in [6.07, 6.45) is 3.58. The number of nitrogens with zero attached hydrogens (tertiary/aromatic N) is 4. The molecule has 6 heteroatoms. The molecular weight excluding hydrogens is 220 g/mol. The summed E-state index contributed by atoms with van der Waals surface area (Å²) in [5, 5.41) is 12.0. The Hall–Kier alpha value is -1.95. The van der Waals surface area contributed by atoms with E-state index >= 15 is 0 Å². The van der Waals surface area contributed by atoms with Gasteiger partial charge in [0.2, 0.25) is 5.82 Å². The molecule has 0 saturated carbocycles. The Labute approximate surface area is 98.9 Å². The van der Waals surface area contributed by atoms with E-state index < -0.39 is 0 Å². The molecule has 90 valence electrons. The number of hydrogen-bond donors (Lipinski definition) is 0. The Morgan fingerprint density at radius 2 is 2.47 bits per heavy atom. The van der Waals surface area contributed by atoms with Crippen LogP contribution in [-0.2, 0) is 11.3 Å². The summed E-state index contributed by atoms with van der Waals surface area (Å²) in [7, 11) is 1.67. The van der Waals surface area contributed by atoms with Crippen molar-refractivity contribution in [2.24, 2.45) is 0 Å². The van der Waals surface area contributed by atoms with E-state index in [0.29, 0.717) is 24.7 Å². The number of methoxy groups -OCH3 is 1. The first-order chi connectivity index (χ1) is 8.29. The molecule has 2 aromatic rings. The van der Waals surface area contributed by atoms with Crippen LogP contribution in [0.25, 0.3) is 11.6 Å². The van der Waals surface area contributed by atoms with Gasteiger partial charge in [-0.25, -0.2) is 0 Å². The summed E-state index contributed by atoms with van der Waals surface area (Å²) in [5.74, 6) is 1.11. The maximum Gasteiger partial charge on any atom is 0.240 e. The second kappa shape index (κ2) is 5.40. The van der Waals surface area contributed by atoms with E-state index in [1.165, 1.54) is 4.80 Å². The molecule has 0 saturated heterocycles. The molecule has 2 heterocycles. The van der Waals surface area contributed by atoms with Crippen LogP contribution in [0.2, 0.25) is 0 Å². The lowest BCUT2D eigenvalue weighted by molar-refractivity contribution is 0.225. The Morgan fingerprint density at radius 1 is 1.59 bits per heavy atom. The maximum absolute atomic E-state index is 5.18. The molecule has 2 aromatic heterocycles. The highest BCUT2D eigenvalue weighted by Gasteiger charge is 2.07. The molecule has 0 atom stereocenters. The number of tetrazole rings is 1. The average Bonchev–Trinajstić information content (AvgIpc) is 2.97. The van der Waals surface area contributed by atoms with Gasteiger partial charge in [-0.05, 0) is 29.8 Å². The topological polar surface area (TPSA) is 66.0 Å². The van der Waals surface area contributed by atoms with Crippen LogP contribution in [0.1, 0.15) is 6.92 Å². The van der Waals surface area contributed by atoms with Crippen LogP contribution in [0.15, 0.2) is 34.5 Å². The van der Waals surface area contributed by atoms with Crippen molar-refractivity contribution in [2.75, 3.05) is 13.7 Å².